The quantitative estimate of drug-likeness (QED) is 0.628. The summed E-state index contributed by atoms with van der Waals surface area (Å²) in [5.41, 5.74) is 0.928. The summed E-state index contributed by atoms with van der Waals surface area (Å²) >= 11 is 4.10. The summed E-state index contributed by atoms with van der Waals surface area (Å²) in [6.07, 6.45) is 0. The molecule has 0 spiro atoms. The lowest BCUT2D eigenvalue weighted by molar-refractivity contribution is 0.533. The first-order valence-electron chi connectivity index (χ1n) is 4.01. The highest BCUT2D eigenvalue weighted by atomic mass is 33.1. The van der Waals surface area contributed by atoms with E-state index in [0.717, 1.165) is 10.5 Å². The van der Waals surface area contributed by atoms with Crippen LogP contribution in [0.5, 0.6) is 0 Å². The monoisotopic (exact) mass is 224 g/mol. The van der Waals surface area contributed by atoms with Gasteiger partial charge in [0.2, 0.25) is 11.8 Å². The van der Waals surface area contributed by atoms with Crippen molar-refractivity contribution < 1.29 is 4.42 Å². The molecule has 0 fully saturated rings. The summed E-state index contributed by atoms with van der Waals surface area (Å²) in [7, 11) is 1.41. The molecular weight excluding hydrogens is 216 g/mol. The van der Waals surface area contributed by atoms with Gasteiger partial charge in [-0.05, 0) is 24.3 Å². The molecule has 0 atom stereocenters. The Morgan fingerprint density at radius 3 is 2.43 bits per heavy atom. The maximum absolute atomic E-state index is 5.29. The van der Waals surface area contributed by atoms with E-state index in [1.165, 1.54) is 10.8 Å². The van der Waals surface area contributed by atoms with Gasteiger partial charge in [0.15, 0.2) is 0 Å². The Hall–Kier alpha value is -0.940. The van der Waals surface area contributed by atoms with Crippen LogP contribution in [-0.2, 0) is 0 Å². The number of hydrogen-bond acceptors (Lipinski definition) is 5. The van der Waals surface area contributed by atoms with Crippen LogP contribution in [0.3, 0.4) is 0 Å². The fraction of sp³-hybridized carbons (Fsp3) is 0.111. The molecule has 0 aliphatic rings. The number of benzene rings is 1. The van der Waals surface area contributed by atoms with Crippen molar-refractivity contribution in [1.82, 2.24) is 10.2 Å². The van der Waals surface area contributed by atoms with Crippen LogP contribution < -0.4 is 0 Å². The van der Waals surface area contributed by atoms with Gasteiger partial charge in [0, 0.05) is 17.4 Å². The van der Waals surface area contributed by atoms with E-state index < -0.39 is 0 Å². The highest BCUT2D eigenvalue weighted by Crippen LogP contribution is 2.24. The van der Waals surface area contributed by atoms with E-state index in [9.17, 15) is 0 Å². The molecule has 0 amide bonds. The van der Waals surface area contributed by atoms with E-state index in [4.69, 9.17) is 4.42 Å². The molecule has 0 saturated carbocycles. The summed E-state index contributed by atoms with van der Waals surface area (Å²) in [6.45, 7) is 1.77. The molecule has 3 nitrogen and oxygen atoms in total. The van der Waals surface area contributed by atoms with Gasteiger partial charge in [0.25, 0.3) is 0 Å². The van der Waals surface area contributed by atoms with Crippen LogP contribution in [0.25, 0.3) is 11.5 Å². The molecule has 0 bridgehead atoms. The lowest BCUT2D eigenvalue weighted by Gasteiger charge is -1.96. The molecule has 0 saturated heterocycles. The SMILES string of the molecule is Cc1nnc(-c2ccc(SS)cc2)o1. The van der Waals surface area contributed by atoms with Crippen LogP contribution in [0.1, 0.15) is 5.89 Å². The highest BCUT2D eigenvalue weighted by molar-refractivity contribution is 8.68. The summed E-state index contributed by atoms with van der Waals surface area (Å²) in [6, 6.07) is 7.80. The fourth-order valence-electron chi connectivity index (χ4n) is 1.07. The smallest absolute Gasteiger partial charge is 0.247 e. The van der Waals surface area contributed by atoms with Gasteiger partial charge in [-0.15, -0.1) is 21.9 Å². The van der Waals surface area contributed by atoms with Crippen molar-refractivity contribution in [2.45, 2.75) is 11.8 Å². The van der Waals surface area contributed by atoms with E-state index in [1.54, 1.807) is 6.92 Å². The first-order valence-corrected chi connectivity index (χ1v) is 5.88. The van der Waals surface area contributed by atoms with Gasteiger partial charge in [-0.3, -0.25) is 0 Å². The Kier molecular flexibility index (Phi) is 2.79. The van der Waals surface area contributed by atoms with E-state index >= 15 is 0 Å². The largest absolute Gasteiger partial charge is 0.421 e. The van der Waals surface area contributed by atoms with Crippen LogP contribution in [0.2, 0.25) is 0 Å². The van der Waals surface area contributed by atoms with E-state index in [0.29, 0.717) is 11.8 Å². The number of hydrogen-bond donors (Lipinski definition) is 1. The molecule has 0 unspecified atom stereocenters. The maximum Gasteiger partial charge on any atom is 0.247 e. The minimum absolute atomic E-state index is 0.554. The van der Waals surface area contributed by atoms with Crippen molar-refractivity contribution in [1.29, 1.82) is 0 Å². The molecular formula is C9H8N2OS2. The van der Waals surface area contributed by atoms with E-state index in [-0.39, 0.29) is 0 Å². The Labute approximate surface area is 90.7 Å². The van der Waals surface area contributed by atoms with Gasteiger partial charge in [-0.25, -0.2) is 0 Å². The number of aryl methyl sites for hydroxylation is 1. The molecule has 1 heterocycles. The molecule has 0 aliphatic heterocycles. The first-order chi connectivity index (χ1) is 6.79. The number of aromatic nitrogens is 2. The average Bonchev–Trinajstić information content (AvgIpc) is 2.65. The number of rotatable bonds is 2. The third-order valence-corrected chi connectivity index (χ3v) is 2.85. The van der Waals surface area contributed by atoms with E-state index in [2.05, 4.69) is 21.9 Å². The lowest BCUT2D eigenvalue weighted by atomic mass is 10.2. The van der Waals surface area contributed by atoms with Crippen LogP contribution >= 0.6 is 22.5 Å². The zero-order valence-electron chi connectivity index (χ0n) is 7.47. The lowest BCUT2D eigenvalue weighted by Crippen LogP contribution is -1.77. The van der Waals surface area contributed by atoms with Crippen LogP contribution in [0, 0.1) is 6.92 Å². The van der Waals surface area contributed by atoms with Crippen molar-refractivity contribution in [2.24, 2.45) is 0 Å². The summed E-state index contributed by atoms with van der Waals surface area (Å²) < 4.78 is 5.29. The molecule has 1 aromatic carbocycles. The number of nitrogens with zero attached hydrogens (tertiary/aromatic N) is 2. The molecule has 0 aliphatic carbocycles. The second-order valence-electron chi connectivity index (χ2n) is 2.74. The molecule has 2 rings (SSSR count). The molecule has 2 aromatic rings. The third-order valence-electron chi connectivity index (χ3n) is 1.73. The second kappa shape index (κ2) is 4.06. The van der Waals surface area contributed by atoms with Gasteiger partial charge in [-0.2, -0.15) is 0 Å². The molecule has 0 radical (unpaired) electrons. The Bertz CT molecular complexity index is 425. The van der Waals surface area contributed by atoms with Crippen molar-refractivity contribution in [3.05, 3.63) is 30.2 Å². The minimum atomic E-state index is 0.554. The summed E-state index contributed by atoms with van der Waals surface area (Å²) in [5.74, 6) is 1.13. The first kappa shape index (κ1) is 9.61. The molecule has 72 valence electrons. The molecule has 0 N–H and O–H groups in total. The predicted molar refractivity (Wildman–Crippen MR) is 59.3 cm³/mol. The average molecular weight is 224 g/mol. The molecule has 5 heteroatoms. The fourth-order valence-corrected chi connectivity index (χ4v) is 1.69. The van der Waals surface area contributed by atoms with E-state index in [1.807, 2.05) is 24.3 Å². The molecule has 1 aromatic heterocycles. The standard InChI is InChI=1S/C9H8N2OS2/c1-6-10-11-9(12-6)7-2-4-8(14-13)5-3-7/h2-5,13H,1H3. The maximum atomic E-state index is 5.29. The highest BCUT2D eigenvalue weighted by Gasteiger charge is 2.04. The third kappa shape index (κ3) is 1.93. The second-order valence-corrected chi connectivity index (χ2v) is 3.94. The Morgan fingerprint density at radius 1 is 1.21 bits per heavy atom. The normalized spacial score (nSPS) is 10.4. The molecule has 14 heavy (non-hydrogen) atoms. The van der Waals surface area contributed by atoms with Gasteiger partial charge in [0.1, 0.15) is 0 Å². The van der Waals surface area contributed by atoms with Crippen LogP contribution in [0.4, 0.5) is 0 Å². The van der Waals surface area contributed by atoms with Gasteiger partial charge < -0.3 is 4.42 Å². The topological polar surface area (TPSA) is 38.9 Å². The van der Waals surface area contributed by atoms with Gasteiger partial charge in [-0.1, -0.05) is 10.8 Å². The zero-order chi connectivity index (χ0) is 9.97. The summed E-state index contributed by atoms with van der Waals surface area (Å²) in [5, 5.41) is 7.70. The van der Waals surface area contributed by atoms with Crippen molar-refractivity contribution in [3.8, 4) is 11.5 Å². The predicted octanol–water partition coefficient (Wildman–Crippen LogP) is 2.98. The van der Waals surface area contributed by atoms with Crippen LogP contribution in [-0.4, -0.2) is 10.2 Å². The van der Waals surface area contributed by atoms with Crippen molar-refractivity contribution in [2.75, 3.05) is 0 Å². The number of thiol groups is 1. The van der Waals surface area contributed by atoms with Gasteiger partial charge in [0.05, 0.1) is 0 Å². The Balaban J connectivity index is 2.33. The van der Waals surface area contributed by atoms with Crippen molar-refractivity contribution >= 4 is 22.5 Å². The Morgan fingerprint density at radius 2 is 1.93 bits per heavy atom. The van der Waals surface area contributed by atoms with Crippen LogP contribution in [0.15, 0.2) is 33.6 Å². The van der Waals surface area contributed by atoms with Gasteiger partial charge >= 0.3 is 0 Å². The zero-order valence-corrected chi connectivity index (χ0v) is 9.18. The summed E-state index contributed by atoms with van der Waals surface area (Å²) in [4.78, 5) is 1.09. The van der Waals surface area contributed by atoms with Crippen molar-refractivity contribution in [3.63, 3.8) is 0 Å². The minimum Gasteiger partial charge on any atom is -0.421 e.